The molecule has 17 heavy (non-hydrogen) atoms. The number of hydrogen-bond donors (Lipinski definition) is 3. The van der Waals surface area contributed by atoms with Crippen LogP contribution < -0.4 is 11.1 Å². The molecule has 4 N–H and O–H groups in total. The van der Waals surface area contributed by atoms with Gasteiger partial charge in [0.05, 0.1) is 6.54 Å². The summed E-state index contributed by atoms with van der Waals surface area (Å²) in [5.41, 5.74) is 4.43. The quantitative estimate of drug-likeness (QED) is 0.343. The maximum atomic E-state index is 11.9. The monoisotopic (exact) mass is 319 g/mol. The van der Waals surface area contributed by atoms with Crippen molar-refractivity contribution >= 4 is 39.0 Å². The van der Waals surface area contributed by atoms with E-state index >= 15 is 0 Å². The largest absolute Gasteiger partial charge is 0.409 e. The SMILES string of the molecule is CC(C)(C(=O)NCc1cc(Br)cs1)C(N)=NO. The number of rotatable bonds is 4. The average Bonchev–Trinajstić information content (AvgIpc) is 2.70. The standard InChI is InChI=1S/C10H14BrN3O2S/c1-10(2,8(12)14-16)9(15)13-4-7-3-6(11)5-17-7/h3,5,16H,4H2,1-2H3,(H2,12,14)(H,13,15). The molecule has 0 saturated heterocycles. The van der Waals surface area contributed by atoms with Gasteiger partial charge < -0.3 is 16.3 Å². The number of thiophene rings is 1. The van der Waals surface area contributed by atoms with Crippen LogP contribution in [0.5, 0.6) is 0 Å². The first-order valence-corrected chi connectivity index (χ1v) is 6.54. The fraction of sp³-hybridized carbons (Fsp3) is 0.400. The van der Waals surface area contributed by atoms with Crippen LogP contribution in [0.25, 0.3) is 0 Å². The zero-order valence-electron chi connectivity index (χ0n) is 9.53. The molecule has 0 aromatic carbocycles. The van der Waals surface area contributed by atoms with Crippen LogP contribution in [0.2, 0.25) is 0 Å². The maximum Gasteiger partial charge on any atom is 0.233 e. The van der Waals surface area contributed by atoms with E-state index in [9.17, 15) is 4.79 Å². The van der Waals surface area contributed by atoms with Crippen LogP contribution >= 0.6 is 27.3 Å². The normalized spacial score (nSPS) is 12.5. The van der Waals surface area contributed by atoms with E-state index in [1.807, 2.05) is 11.4 Å². The Hall–Kier alpha value is -1.08. The van der Waals surface area contributed by atoms with Gasteiger partial charge in [0.2, 0.25) is 5.91 Å². The fourth-order valence-corrected chi connectivity index (χ4v) is 2.47. The Labute approximate surface area is 112 Å². The summed E-state index contributed by atoms with van der Waals surface area (Å²) >= 11 is 4.88. The molecule has 0 spiro atoms. The lowest BCUT2D eigenvalue weighted by atomic mass is 9.91. The molecule has 1 heterocycles. The molecule has 0 atom stereocenters. The number of hydrogen-bond acceptors (Lipinski definition) is 4. The molecule has 1 aromatic heterocycles. The highest BCUT2D eigenvalue weighted by Gasteiger charge is 2.32. The van der Waals surface area contributed by atoms with Crippen LogP contribution in [0, 0.1) is 5.41 Å². The number of oxime groups is 1. The van der Waals surface area contributed by atoms with Gasteiger partial charge in [-0.05, 0) is 35.8 Å². The topological polar surface area (TPSA) is 87.7 Å². The van der Waals surface area contributed by atoms with Crippen LogP contribution in [0.1, 0.15) is 18.7 Å². The Morgan fingerprint density at radius 2 is 2.35 bits per heavy atom. The van der Waals surface area contributed by atoms with Gasteiger partial charge in [-0.3, -0.25) is 4.79 Å². The van der Waals surface area contributed by atoms with Crippen molar-refractivity contribution in [1.82, 2.24) is 5.32 Å². The van der Waals surface area contributed by atoms with Crippen LogP contribution in [-0.4, -0.2) is 17.0 Å². The van der Waals surface area contributed by atoms with Crippen molar-refractivity contribution < 1.29 is 10.0 Å². The Kier molecular flexibility index (Phi) is 4.53. The number of amidine groups is 1. The Morgan fingerprint density at radius 3 is 2.82 bits per heavy atom. The third-order valence-electron chi connectivity index (χ3n) is 2.36. The minimum absolute atomic E-state index is 0.109. The van der Waals surface area contributed by atoms with Gasteiger partial charge in [-0.25, -0.2) is 0 Å². The molecule has 1 amide bonds. The lowest BCUT2D eigenvalue weighted by Crippen LogP contribution is -2.45. The van der Waals surface area contributed by atoms with Gasteiger partial charge in [-0.15, -0.1) is 11.3 Å². The van der Waals surface area contributed by atoms with Crippen molar-refractivity contribution in [2.24, 2.45) is 16.3 Å². The van der Waals surface area contributed by atoms with Crippen molar-refractivity contribution in [3.05, 3.63) is 20.8 Å². The van der Waals surface area contributed by atoms with Crippen molar-refractivity contribution in [2.45, 2.75) is 20.4 Å². The minimum Gasteiger partial charge on any atom is -0.409 e. The molecule has 5 nitrogen and oxygen atoms in total. The number of carbonyl (C=O) groups excluding carboxylic acids is 1. The third kappa shape index (κ3) is 3.44. The van der Waals surface area contributed by atoms with Gasteiger partial charge in [-0.1, -0.05) is 5.16 Å². The molecule has 1 aromatic rings. The van der Waals surface area contributed by atoms with E-state index in [-0.39, 0.29) is 11.7 Å². The maximum absolute atomic E-state index is 11.9. The summed E-state index contributed by atoms with van der Waals surface area (Å²) in [6, 6.07) is 1.93. The summed E-state index contributed by atoms with van der Waals surface area (Å²) in [5.74, 6) is -0.389. The van der Waals surface area contributed by atoms with Gasteiger partial charge >= 0.3 is 0 Å². The molecule has 0 unspecified atom stereocenters. The van der Waals surface area contributed by atoms with Crippen molar-refractivity contribution in [1.29, 1.82) is 0 Å². The molecule has 0 fully saturated rings. The molecule has 0 bridgehead atoms. The van der Waals surface area contributed by atoms with Crippen molar-refractivity contribution in [3.8, 4) is 0 Å². The predicted molar refractivity (Wildman–Crippen MR) is 71.1 cm³/mol. The summed E-state index contributed by atoms with van der Waals surface area (Å²) < 4.78 is 0.988. The second-order valence-electron chi connectivity index (χ2n) is 4.02. The lowest BCUT2D eigenvalue weighted by molar-refractivity contribution is -0.126. The van der Waals surface area contributed by atoms with Gasteiger partial charge in [-0.2, -0.15) is 0 Å². The van der Waals surface area contributed by atoms with E-state index in [4.69, 9.17) is 10.9 Å². The number of nitrogens with two attached hydrogens (primary N) is 1. The molecule has 7 heteroatoms. The number of amides is 1. The van der Waals surface area contributed by atoms with E-state index in [1.165, 1.54) is 0 Å². The molecule has 0 aliphatic carbocycles. The second-order valence-corrected chi connectivity index (χ2v) is 5.94. The molecule has 1 rings (SSSR count). The average molecular weight is 320 g/mol. The van der Waals surface area contributed by atoms with Crippen LogP contribution in [0.3, 0.4) is 0 Å². The molecular weight excluding hydrogens is 306 g/mol. The second kappa shape index (κ2) is 5.50. The van der Waals surface area contributed by atoms with E-state index in [1.54, 1.807) is 25.2 Å². The number of carbonyl (C=O) groups is 1. The van der Waals surface area contributed by atoms with Gasteiger partial charge in [0.15, 0.2) is 5.84 Å². The van der Waals surface area contributed by atoms with E-state index < -0.39 is 5.41 Å². The predicted octanol–water partition coefficient (Wildman–Crippen LogP) is 1.90. The Morgan fingerprint density at radius 1 is 1.71 bits per heavy atom. The van der Waals surface area contributed by atoms with Gasteiger partial charge in [0.1, 0.15) is 5.41 Å². The molecule has 0 aliphatic rings. The first-order chi connectivity index (χ1) is 7.87. The first kappa shape index (κ1) is 14.0. The summed E-state index contributed by atoms with van der Waals surface area (Å²) in [7, 11) is 0. The zero-order valence-corrected chi connectivity index (χ0v) is 11.9. The number of nitrogens with zero attached hydrogens (tertiary/aromatic N) is 1. The summed E-state index contributed by atoms with van der Waals surface area (Å²) in [5, 5.41) is 16.1. The van der Waals surface area contributed by atoms with Crippen LogP contribution in [-0.2, 0) is 11.3 Å². The zero-order chi connectivity index (χ0) is 13.1. The number of nitrogens with one attached hydrogen (secondary N) is 1. The van der Waals surface area contributed by atoms with Crippen LogP contribution in [0.4, 0.5) is 0 Å². The highest BCUT2D eigenvalue weighted by atomic mass is 79.9. The van der Waals surface area contributed by atoms with Gasteiger partial charge in [0.25, 0.3) is 0 Å². The number of halogens is 1. The molecular formula is C10H14BrN3O2S. The summed E-state index contributed by atoms with van der Waals surface area (Å²) in [6.07, 6.45) is 0. The van der Waals surface area contributed by atoms with Crippen molar-refractivity contribution in [3.63, 3.8) is 0 Å². The smallest absolute Gasteiger partial charge is 0.233 e. The molecule has 0 radical (unpaired) electrons. The van der Waals surface area contributed by atoms with Crippen LogP contribution in [0.15, 0.2) is 21.1 Å². The fourth-order valence-electron chi connectivity index (χ4n) is 1.08. The van der Waals surface area contributed by atoms with E-state index in [0.717, 1.165) is 9.35 Å². The third-order valence-corrected chi connectivity index (χ3v) is 4.06. The molecule has 94 valence electrons. The summed E-state index contributed by atoms with van der Waals surface area (Å²) in [6.45, 7) is 3.63. The highest BCUT2D eigenvalue weighted by Crippen LogP contribution is 2.20. The first-order valence-electron chi connectivity index (χ1n) is 4.87. The van der Waals surface area contributed by atoms with Gasteiger partial charge in [0, 0.05) is 14.7 Å². The molecule has 0 aliphatic heterocycles. The lowest BCUT2D eigenvalue weighted by Gasteiger charge is -2.21. The minimum atomic E-state index is -1.02. The Bertz CT molecular complexity index is 443. The summed E-state index contributed by atoms with van der Waals surface area (Å²) in [4.78, 5) is 12.9. The van der Waals surface area contributed by atoms with Crippen molar-refractivity contribution in [2.75, 3.05) is 0 Å². The highest BCUT2D eigenvalue weighted by molar-refractivity contribution is 9.10. The van der Waals surface area contributed by atoms with E-state index in [2.05, 4.69) is 26.4 Å². The molecule has 0 saturated carbocycles. The Balaban J connectivity index is 2.61. The van der Waals surface area contributed by atoms with E-state index in [0.29, 0.717) is 6.54 Å².